The molecule has 2 rings (SSSR count). The monoisotopic (exact) mass is 234 g/mol. The highest BCUT2D eigenvalue weighted by molar-refractivity contribution is 6.00. The molecule has 0 aliphatic carbocycles. The number of nitrogen functional groups attached to an aromatic ring is 1. The van der Waals surface area contributed by atoms with Gasteiger partial charge in [0.05, 0.1) is 5.56 Å². The molecule has 0 saturated carbocycles. The van der Waals surface area contributed by atoms with Gasteiger partial charge in [-0.3, -0.25) is 15.3 Å². The summed E-state index contributed by atoms with van der Waals surface area (Å²) in [7, 11) is 0. The van der Waals surface area contributed by atoms with Crippen LogP contribution in [0.4, 0.5) is 4.39 Å². The van der Waals surface area contributed by atoms with Gasteiger partial charge in [0.25, 0.3) is 5.91 Å². The number of hydrogen-bond acceptors (Lipinski definition) is 3. The molecule has 0 saturated heterocycles. The number of aromatic nitrogens is 2. The molecule has 0 radical (unpaired) electrons. The molecule has 1 heterocycles. The summed E-state index contributed by atoms with van der Waals surface area (Å²) in [6.45, 7) is 1.71. The van der Waals surface area contributed by atoms with Crippen LogP contribution in [-0.4, -0.2) is 16.1 Å². The fourth-order valence-corrected chi connectivity index (χ4v) is 1.60. The highest BCUT2D eigenvalue weighted by Crippen LogP contribution is 2.23. The summed E-state index contributed by atoms with van der Waals surface area (Å²) in [4.78, 5) is 11.6. The fourth-order valence-electron chi connectivity index (χ4n) is 1.60. The van der Waals surface area contributed by atoms with Crippen molar-refractivity contribution in [2.45, 2.75) is 6.92 Å². The molecule has 0 atom stereocenters. The molecule has 1 aromatic carbocycles. The molecule has 2 aromatic rings. The first kappa shape index (κ1) is 11.3. The van der Waals surface area contributed by atoms with Crippen LogP contribution in [0.15, 0.2) is 24.3 Å². The molecule has 0 aliphatic heterocycles. The average molecular weight is 234 g/mol. The Bertz CT molecular complexity index is 547. The van der Waals surface area contributed by atoms with Crippen molar-refractivity contribution in [2.24, 2.45) is 5.84 Å². The number of H-pyrrole nitrogens is 1. The van der Waals surface area contributed by atoms with E-state index in [9.17, 15) is 9.18 Å². The summed E-state index contributed by atoms with van der Waals surface area (Å²) in [6.07, 6.45) is 0. The largest absolute Gasteiger partial charge is 0.290 e. The summed E-state index contributed by atoms with van der Waals surface area (Å²) in [6, 6.07) is 5.73. The Balaban J connectivity index is 2.52. The molecule has 0 bridgehead atoms. The zero-order chi connectivity index (χ0) is 12.4. The highest BCUT2D eigenvalue weighted by Gasteiger charge is 2.18. The van der Waals surface area contributed by atoms with E-state index >= 15 is 0 Å². The summed E-state index contributed by atoms with van der Waals surface area (Å²) in [5.41, 5.74) is 4.12. The third-order valence-electron chi connectivity index (χ3n) is 2.42. The van der Waals surface area contributed by atoms with Gasteiger partial charge >= 0.3 is 0 Å². The first-order valence-electron chi connectivity index (χ1n) is 4.95. The number of aromatic amines is 1. The predicted octanol–water partition coefficient (Wildman–Crippen LogP) is 1.13. The summed E-state index contributed by atoms with van der Waals surface area (Å²) in [5.74, 6) is 4.33. The smallest absolute Gasteiger partial charge is 0.269 e. The fraction of sp³-hybridized carbons (Fsp3) is 0.0909. The van der Waals surface area contributed by atoms with E-state index in [2.05, 4.69) is 15.6 Å². The Morgan fingerprint density at radius 2 is 2.06 bits per heavy atom. The van der Waals surface area contributed by atoms with Crippen LogP contribution in [0.5, 0.6) is 0 Å². The Labute approximate surface area is 96.8 Å². The third kappa shape index (κ3) is 2.02. The van der Waals surface area contributed by atoms with Crippen molar-refractivity contribution in [3.8, 4) is 11.3 Å². The Morgan fingerprint density at radius 3 is 2.65 bits per heavy atom. The van der Waals surface area contributed by atoms with Crippen LogP contribution >= 0.6 is 0 Å². The van der Waals surface area contributed by atoms with Gasteiger partial charge in [0.1, 0.15) is 11.5 Å². The Kier molecular flexibility index (Phi) is 2.88. The van der Waals surface area contributed by atoms with E-state index in [1.807, 2.05) is 0 Å². The lowest BCUT2D eigenvalue weighted by Gasteiger charge is -2.02. The van der Waals surface area contributed by atoms with E-state index in [1.165, 1.54) is 12.1 Å². The van der Waals surface area contributed by atoms with E-state index in [-0.39, 0.29) is 5.82 Å². The lowest BCUT2D eigenvalue weighted by Crippen LogP contribution is -2.30. The van der Waals surface area contributed by atoms with Gasteiger partial charge in [-0.2, -0.15) is 5.10 Å². The summed E-state index contributed by atoms with van der Waals surface area (Å²) in [5, 5.41) is 6.73. The number of halogens is 1. The van der Waals surface area contributed by atoms with E-state index in [0.29, 0.717) is 22.5 Å². The Morgan fingerprint density at radius 1 is 1.41 bits per heavy atom. The van der Waals surface area contributed by atoms with Gasteiger partial charge in [-0.15, -0.1) is 0 Å². The van der Waals surface area contributed by atoms with Crippen molar-refractivity contribution in [1.82, 2.24) is 15.6 Å². The maximum Gasteiger partial charge on any atom is 0.269 e. The minimum Gasteiger partial charge on any atom is -0.290 e. The van der Waals surface area contributed by atoms with Gasteiger partial charge in [-0.25, -0.2) is 10.2 Å². The first-order valence-corrected chi connectivity index (χ1v) is 4.95. The van der Waals surface area contributed by atoms with E-state index < -0.39 is 5.91 Å². The van der Waals surface area contributed by atoms with Crippen molar-refractivity contribution in [1.29, 1.82) is 0 Å². The minimum atomic E-state index is -0.435. The molecular formula is C11H11FN4O. The van der Waals surface area contributed by atoms with Crippen LogP contribution in [0.2, 0.25) is 0 Å². The SMILES string of the molecule is Cc1[nH]nc(-c2ccc(F)cc2)c1C(=O)NN. The van der Waals surface area contributed by atoms with Crippen molar-refractivity contribution in [2.75, 3.05) is 0 Å². The topological polar surface area (TPSA) is 83.8 Å². The number of rotatable bonds is 2. The lowest BCUT2D eigenvalue weighted by molar-refractivity contribution is 0.0954. The zero-order valence-electron chi connectivity index (χ0n) is 9.12. The molecule has 1 aromatic heterocycles. The predicted molar refractivity (Wildman–Crippen MR) is 60.4 cm³/mol. The summed E-state index contributed by atoms with van der Waals surface area (Å²) < 4.78 is 12.8. The maximum atomic E-state index is 12.8. The van der Waals surface area contributed by atoms with Crippen molar-refractivity contribution in [3.63, 3.8) is 0 Å². The second-order valence-corrected chi connectivity index (χ2v) is 3.55. The van der Waals surface area contributed by atoms with Gasteiger partial charge in [-0.1, -0.05) is 0 Å². The van der Waals surface area contributed by atoms with Crippen LogP contribution in [-0.2, 0) is 0 Å². The van der Waals surface area contributed by atoms with E-state index in [1.54, 1.807) is 19.1 Å². The van der Waals surface area contributed by atoms with Crippen LogP contribution < -0.4 is 11.3 Å². The number of nitrogens with one attached hydrogen (secondary N) is 2. The zero-order valence-corrected chi connectivity index (χ0v) is 9.12. The number of nitrogens with zero attached hydrogens (tertiary/aromatic N) is 1. The molecular weight excluding hydrogens is 223 g/mol. The van der Waals surface area contributed by atoms with Gasteiger partial charge in [-0.05, 0) is 31.2 Å². The molecule has 0 fully saturated rings. The van der Waals surface area contributed by atoms with Crippen LogP contribution in [0.25, 0.3) is 11.3 Å². The number of benzene rings is 1. The molecule has 0 unspecified atom stereocenters. The van der Waals surface area contributed by atoms with Crippen molar-refractivity contribution in [3.05, 3.63) is 41.3 Å². The van der Waals surface area contributed by atoms with E-state index in [0.717, 1.165) is 0 Å². The van der Waals surface area contributed by atoms with Gasteiger partial charge in [0.2, 0.25) is 0 Å². The first-order chi connectivity index (χ1) is 8.13. The molecule has 1 amide bonds. The number of amides is 1. The highest BCUT2D eigenvalue weighted by atomic mass is 19.1. The lowest BCUT2D eigenvalue weighted by atomic mass is 10.1. The van der Waals surface area contributed by atoms with Crippen molar-refractivity contribution >= 4 is 5.91 Å². The summed E-state index contributed by atoms with van der Waals surface area (Å²) >= 11 is 0. The maximum absolute atomic E-state index is 12.8. The second-order valence-electron chi connectivity index (χ2n) is 3.55. The molecule has 5 nitrogen and oxygen atoms in total. The number of hydrogen-bond donors (Lipinski definition) is 3. The number of aryl methyl sites for hydroxylation is 1. The number of carbonyl (C=O) groups is 1. The van der Waals surface area contributed by atoms with Gasteiger partial charge in [0, 0.05) is 11.3 Å². The van der Waals surface area contributed by atoms with Gasteiger partial charge in [0.15, 0.2) is 0 Å². The second kappa shape index (κ2) is 4.34. The molecule has 88 valence electrons. The number of carbonyl (C=O) groups excluding carboxylic acids is 1. The molecule has 6 heteroatoms. The molecule has 0 spiro atoms. The normalized spacial score (nSPS) is 10.3. The van der Waals surface area contributed by atoms with Crippen molar-refractivity contribution < 1.29 is 9.18 Å². The van der Waals surface area contributed by atoms with E-state index in [4.69, 9.17) is 5.84 Å². The third-order valence-corrected chi connectivity index (χ3v) is 2.42. The quantitative estimate of drug-likeness (QED) is 0.413. The number of nitrogens with two attached hydrogens (primary N) is 1. The van der Waals surface area contributed by atoms with Crippen LogP contribution in [0.3, 0.4) is 0 Å². The molecule has 4 N–H and O–H groups in total. The Hall–Kier alpha value is -2.21. The minimum absolute atomic E-state index is 0.342. The van der Waals surface area contributed by atoms with Crippen LogP contribution in [0, 0.1) is 12.7 Å². The molecule has 0 aliphatic rings. The van der Waals surface area contributed by atoms with Gasteiger partial charge < -0.3 is 0 Å². The standard InChI is InChI=1S/C11H11FN4O/c1-6-9(11(17)14-13)10(16-15-6)7-2-4-8(12)5-3-7/h2-5H,13H2,1H3,(H,14,17)(H,15,16). The average Bonchev–Trinajstić information content (AvgIpc) is 2.71. The number of hydrazine groups is 1. The molecule has 17 heavy (non-hydrogen) atoms. The van der Waals surface area contributed by atoms with Crippen LogP contribution in [0.1, 0.15) is 16.1 Å².